The third-order valence-corrected chi connectivity index (χ3v) is 9.49. The predicted molar refractivity (Wildman–Crippen MR) is 161 cm³/mol. The van der Waals surface area contributed by atoms with Crippen LogP contribution < -0.4 is 21.5 Å². The van der Waals surface area contributed by atoms with Crippen molar-refractivity contribution in [3.8, 4) is 10.8 Å². The molecule has 0 aliphatic carbocycles. The van der Waals surface area contributed by atoms with Crippen molar-refractivity contribution in [2.75, 3.05) is 20.3 Å². The minimum Gasteiger partial charge on any atom is -0.496 e. The van der Waals surface area contributed by atoms with E-state index in [1.807, 2.05) is 13.8 Å². The lowest BCUT2D eigenvalue weighted by Gasteiger charge is -2.49. The van der Waals surface area contributed by atoms with Gasteiger partial charge in [0.2, 0.25) is 5.91 Å². The summed E-state index contributed by atoms with van der Waals surface area (Å²) in [7, 11) is 1.51. The molecule has 0 spiro atoms. The lowest BCUT2D eigenvalue weighted by molar-refractivity contribution is -0.160. The van der Waals surface area contributed by atoms with E-state index in [0.717, 1.165) is 11.0 Å². The van der Waals surface area contributed by atoms with E-state index in [-0.39, 0.29) is 43.5 Å². The van der Waals surface area contributed by atoms with E-state index in [4.69, 9.17) is 14.7 Å². The number of carbonyl (C=O) groups excluding carboxylic acids is 2. The van der Waals surface area contributed by atoms with Gasteiger partial charge in [-0.3, -0.25) is 24.2 Å². The zero-order chi connectivity index (χ0) is 31.8. The van der Waals surface area contributed by atoms with E-state index in [9.17, 15) is 19.2 Å². The molecule has 0 saturated carbocycles. The van der Waals surface area contributed by atoms with Crippen LogP contribution >= 0.6 is 11.3 Å². The number of aryl methyl sites for hydroxylation is 1. The summed E-state index contributed by atoms with van der Waals surface area (Å²) < 4.78 is 14.2. The average molecular weight is 626 g/mol. The molecule has 3 atom stereocenters. The summed E-state index contributed by atoms with van der Waals surface area (Å²) in [6.07, 6.45) is 2.80. The molecular formula is C29H35N7O7S. The third-order valence-electron chi connectivity index (χ3n) is 8.21. The molecule has 5 rings (SSSR count). The zero-order valence-corrected chi connectivity index (χ0v) is 26.0. The van der Waals surface area contributed by atoms with Gasteiger partial charge in [0, 0.05) is 17.2 Å². The van der Waals surface area contributed by atoms with Crippen LogP contribution in [0, 0.1) is 6.92 Å². The fourth-order valence-corrected chi connectivity index (χ4v) is 6.78. The number of nitrogens with zero attached hydrogens (tertiary/aromatic N) is 6. The summed E-state index contributed by atoms with van der Waals surface area (Å²) in [5.41, 5.74) is 0.139. The van der Waals surface area contributed by atoms with Gasteiger partial charge in [0.1, 0.15) is 27.2 Å². The summed E-state index contributed by atoms with van der Waals surface area (Å²) in [5.74, 6) is -0.438. The van der Waals surface area contributed by atoms with Gasteiger partial charge < -0.3 is 14.4 Å². The highest BCUT2D eigenvalue weighted by Gasteiger charge is 2.53. The van der Waals surface area contributed by atoms with Crippen molar-refractivity contribution in [1.82, 2.24) is 34.5 Å². The highest BCUT2D eigenvalue weighted by atomic mass is 32.1. The lowest BCUT2D eigenvalue weighted by atomic mass is 9.88. The van der Waals surface area contributed by atoms with Crippen molar-refractivity contribution in [3.05, 3.63) is 68.6 Å². The van der Waals surface area contributed by atoms with Gasteiger partial charge in [0.15, 0.2) is 0 Å². The molecule has 2 amide bonds. The number of thiophene rings is 1. The fourth-order valence-electron chi connectivity index (χ4n) is 5.56. The molecule has 15 heteroatoms. The molecule has 1 fully saturated rings. The number of hydrogen-bond donors (Lipinski definition) is 2. The first-order valence-corrected chi connectivity index (χ1v) is 15.0. The largest absolute Gasteiger partial charge is 0.496 e. The molecule has 1 aliphatic heterocycles. The topological polar surface area (TPSA) is 163 Å². The Hall–Kier alpha value is -4.34. The maximum absolute atomic E-state index is 14.4. The second-order valence-corrected chi connectivity index (χ2v) is 11.9. The van der Waals surface area contributed by atoms with Crippen molar-refractivity contribution in [1.29, 1.82) is 0 Å². The van der Waals surface area contributed by atoms with Crippen LogP contribution in [0.2, 0.25) is 0 Å². The van der Waals surface area contributed by atoms with E-state index < -0.39 is 28.8 Å². The zero-order valence-electron chi connectivity index (χ0n) is 25.1. The van der Waals surface area contributed by atoms with Crippen LogP contribution in [0.1, 0.15) is 50.8 Å². The normalized spacial score (nSPS) is 17.9. The SMILES string of the molecule is CCC(C)N1CC(C)(n2c(=O)c3c(C)c(-n4nccn4)sc3n(C[C@H](OCCC(=O)NO)c3ccccc3OC)c2=O)C1=O. The highest BCUT2D eigenvalue weighted by molar-refractivity contribution is 7.21. The fraction of sp³-hybridized carbons (Fsp3) is 0.448. The minimum atomic E-state index is -1.38. The summed E-state index contributed by atoms with van der Waals surface area (Å²) in [6.45, 7) is 7.32. The van der Waals surface area contributed by atoms with Gasteiger partial charge >= 0.3 is 5.69 Å². The van der Waals surface area contributed by atoms with Crippen molar-refractivity contribution in [2.45, 2.75) is 64.8 Å². The first-order chi connectivity index (χ1) is 21.1. The molecule has 2 unspecified atom stereocenters. The molecule has 234 valence electrons. The Morgan fingerprint density at radius 1 is 1.20 bits per heavy atom. The number of ether oxygens (including phenoxy) is 2. The number of amides is 2. The van der Waals surface area contributed by atoms with E-state index in [2.05, 4.69) is 10.2 Å². The van der Waals surface area contributed by atoms with Gasteiger partial charge in [0.25, 0.3) is 11.5 Å². The van der Waals surface area contributed by atoms with Crippen LogP contribution in [0.3, 0.4) is 0 Å². The first-order valence-electron chi connectivity index (χ1n) is 14.2. The Morgan fingerprint density at radius 3 is 2.55 bits per heavy atom. The number of likely N-dealkylation sites (tertiary alicyclic amines) is 1. The molecule has 0 bridgehead atoms. The molecule has 3 aromatic heterocycles. The summed E-state index contributed by atoms with van der Waals surface area (Å²) in [4.78, 5) is 57.4. The van der Waals surface area contributed by atoms with Crippen molar-refractivity contribution in [2.24, 2.45) is 0 Å². The van der Waals surface area contributed by atoms with Gasteiger partial charge in [-0.25, -0.2) is 14.8 Å². The molecule has 2 N–H and O–H groups in total. The molecule has 1 aromatic carbocycles. The molecule has 1 saturated heterocycles. The second kappa shape index (κ2) is 12.3. The van der Waals surface area contributed by atoms with Gasteiger partial charge in [-0.2, -0.15) is 10.2 Å². The quantitative estimate of drug-likeness (QED) is 0.136. The maximum atomic E-state index is 14.4. The van der Waals surface area contributed by atoms with Gasteiger partial charge in [-0.05, 0) is 33.3 Å². The number of hydroxylamine groups is 1. The van der Waals surface area contributed by atoms with E-state index in [1.165, 1.54) is 40.2 Å². The minimum absolute atomic E-state index is 0.0444. The van der Waals surface area contributed by atoms with Gasteiger partial charge in [-0.15, -0.1) is 4.80 Å². The number of carbonyl (C=O) groups is 2. The number of aromatic nitrogens is 5. The molecular weight excluding hydrogens is 590 g/mol. The van der Waals surface area contributed by atoms with E-state index in [0.29, 0.717) is 26.7 Å². The number of β-lactam (4-membered cyclic amide) rings is 1. The standard InChI is InChI=1S/C29H35N7O7S/c1-6-17(2)34-16-29(4,27(34)39)35-24(38)23-18(3)25(36-30-12-13-31-36)44-26(23)33(28(35)40)15-21(43-14-11-22(37)32-41)19-9-7-8-10-20(19)42-5/h7-10,12-13,17,21,41H,6,11,14-16H2,1-5H3,(H,32,37)/t17?,21-,29?/m0/s1. The smallest absolute Gasteiger partial charge is 0.333 e. The average Bonchev–Trinajstić information content (AvgIpc) is 3.68. The monoisotopic (exact) mass is 625 g/mol. The Balaban J connectivity index is 1.71. The van der Waals surface area contributed by atoms with Crippen LogP contribution in [0.4, 0.5) is 0 Å². The number of fused-ring (bicyclic) bond motifs is 1. The van der Waals surface area contributed by atoms with Crippen molar-refractivity contribution >= 4 is 33.4 Å². The van der Waals surface area contributed by atoms with E-state index in [1.54, 1.807) is 48.5 Å². The molecule has 4 heterocycles. The summed E-state index contributed by atoms with van der Waals surface area (Å²) in [6, 6.07) is 7.08. The lowest BCUT2D eigenvalue weighted by Crippen LogP contribution is -2.72. The molecule has 14 nitrogen and oxygen atoms in total. The van der Waals surface area contributed by atoms with Gasteiger partial charge in [0.05, 0.1) is 51.0 Å². The van der Waals surface area contributed by atoms with Gasteiger partial charge in [-0.1, -0.05) is 36.5 Å². The maximum Gasteiger partial charge on any atom is 0.333 e. The highest BCUT2D eigenvalue weighted by Crippen LogP contribution is 2.36. The Morgan fingerprint density at radius 2 is 1.91 bits per heavy atom. The molecule has 1 aliphatic rings. The Labute approximate surface area is 256 Å². The number of methoxy groups -OCH3 is 1. The number of benzene rings is 1. The molecule has 0 radical (unpaired) electrons. The van der Waals surface area contributed by atoms with Crippen LogP contribution in [-0.4, -0.2) is 72.4 Å². The Kier molecular flexibility index (Phi) is 8.72. The Bertz CT molecular complexity index is 1810. The van der Waals surface area contributed by atoms with Crippen LogP contribution in [0.25, 0.3) is 15.2 Å². The van der Waals surface area contributed by atoms with Crippen LogP contribution in [0.5, 0.6) is 5.75 Å². The van der Waals surface area contributed by atoms with Crippen molar-refractivity contribution < 1.29 is 24.3 Å². The number of nitrogens with one attached hydrogen (secondary N) is 1. The van der Waals surface area contributed by atoms with Crippen molar-refractivity contribution in [3.63, 3.8) is 0 Å². The number of rotatable bonds is 12. The second-order valence-electron chi connectivity index (χ2n) is 10.9. The van der Waals surface area contributed by atoms with Crippen LogP contribution in [-0.2, 0) is 26.4 Å². The third kappa shape index (κ3) is 5.20. The molecule has 4 aromatic rings. The first kappa shape index (κ1) is 31.1. The molecule has 44 heavy (non-hydrogen) atoms. The summed E-state index contributed by atoms with van der Waals surface area (Å²) >= 11 is 1.18. The van der Waals surface area contributed by atoms with E-state index >= 15 is 0 Å². The summed E-state index contributed by atoms with van der Waals surface area (Å²) in [5, 5.41) is 18.2. The number of para-hydroxylation sites is 1. The van der Waals surface area contributed by atoms with Crippen LogP contribution in [0.15, 0.2) is 46.2 Å². The predicted octanol–water partition coefficient (Wildman–Crippen LogP) is 2.13. The number of hydrogen-bond acceptors (Lipinski definition) is 10.